The Kier molecular flexibility index (Phi) is 8.77. The first kappa shape index (κ1) is 34.7. The predicted octanol–water partition coefficient (Wildman–Crippen LogP) is 13.8. The molecule has 10 aromatic rings. The van der Waals surface area contributed by atoms with Crippen LogP contribution in [0.2, 0.25) is 0 Å². The van der Waals surface area contributed by atoms with E-state index in [9.17, 15) is 10.8 Å². The summed E-state index contributed by atoms with van der Waals surface area (Å²) in [6.07, 6.45) is 0. The molecule has 9 aromatic carbocycles. The van der Waals surface area contributed by atoms with Gasteiger partial charge in [-0.25, -0.2) is 0 Å². The summed E-state index contributed by atoms with van der Waals surface area (Å²) < 4.78 is 2.35. The van der Waals surface area contributed by atoms with Gasteiger partial charge in [-0.1, -0.05) is 170 Å². The first-order valence-electron chi connectivity index (χ1n) is 19.5. The molecule has 0 aliphatic rings. The fourth-order valence-electron chi connectivity index (χ4n) is 8.28. The van der Waals surface area contributed by atoms with Gasteiger partial charge in [-0.3, -0.25) is 15.7 Å². The van der Waals surface area contributed by atoms with Crippen molar-refractivity contribution in [3.05, 3.63) is 230 Å². The maximum Gasteiger partial charge on any atom is 0.138 e. The highest BCUT2D eigenvalue weighted by Gasteiger charge is 2.22. The maximum absolute atomic E-state index is 9.48. The van der Waals surface area contributed by atoms with Crippen LogP contribution < -0.4 is 4.90 Å². The predicted molar refractivity (Wildman–Crippen MR) is 244 cm³/mol. The van der Waals surface area contributed by atoms with Crippen LogP contribution >= 0.6 is 0 Å². The molecule has 0 saturated heterocycles. The van der Waals surface area contributed by atoms with E-state index in [4.69, 9.17) is 0 Å². The van der Waals surface area contributed by atoms with E-state index < -0.39 is 0 Å². The van der Waals surface area contributed by atoms with Gasteiger partial charge >= 0.3 is 0 Å². The van der Waals surface area contributed by atoms with Crippen molar-refractivity contribution in [3.8, 4) is 39.1 Å². The first-order chi connectivity index (χ1) is 28.6. The molecule has 10 rings (SSSR count). The van der Waals surface area contributed by atoms with Crippen molar-refractivity contribution in [2.45, 2.75) is 0 Å². The molecule has 0 aliphatic heterocycles. The number of amidine groups is 2. The van der Waals surface area contributed by atoms with Crippen LogP contribution in [0.3, 0.4) is 0 Å². The molecule has 0 amide bonds. The Morgan fingerprint density at radius 2 is 0.879 bits per heavy atom. The summed E-state index contributed by atoms with van der Waals surface area (Å²) in [5, 5.41) is 23.5. The van der Waals surface area contributed by atoms with E-state index >= 15 is 0 Å². The van der Waals surface area contributed by atoms with Gasteiger partial charge in [0.15, 0.2) is 0 Å². The summed E-state index contributed by atoms with van der Waals surface area (Å²) in [6.45, 7) is 0. The Morgan fingerprint density at radius 3 is 1.60 bits per heavy atom. The van der Waals surface area contributed by atoms with Crippen LogP contribution in [0.15, 0.2) is 218 Å². The highest BCUT2D eigenvalue weighted by atomic mass is 15.2. The summed E-state index contributed by atoms with van der Waals surface area (Å²) in [6, 6.07) is 75.4. The van der Waals surface area contributed by atoms with Gasteiger partial charge < -0.3 is 4.57 Å². The molecular formula is C54H38N4. The highest BCUT2D eigenvalue weighted by molar-refractivity contribution is 6.28. The minimum Gasteiger partial charge on any atom is -0.309 e. The molecule has 58 heavy (non-hydrogen) atoms. The zero-order valence-electron chi connectivity index (χ0n) is 31.7. The lowest BCUT2D eigenvalue weighted by Gasteiger charge is -2.26. The van der Waals surface area contributed by atoms with Gasteiger partial charge in [0.05, 0.1) is 11.0 Å². The average Bonchev–Trinajstić information content (AvgIpc) is 3.63. The molecular weight excluding hydrogens is 705 g/mol. The van der Waals surface area contributed by atoms with Crippen molar-refractivity contribution in [3.63, 3.8) is 0 Å². The molecule has 4 heteroatoms. The molecule has 0 atom stereocenters. The largest absolute Gasteiger partial charge is 0.309 e. The second kappa shape index (κ2) is 14.7. The Bertz CT molecular complexity index is 3140. The number of nitrogens with one attached hydrogen (secondary N) is 2. The van der Waals surface area contributed by atoms with Gasteiger partial charge in [-0.2, -0.15) is 0 Å². The van der Waals surface area contributed by atoms with E-state index in [0.717, 1.165) is 66.7 Å². The van der Waals surface area contributed by atoms with E-state index in [1.807, 2.05) is 72.8 Å². The molecule has 0 unspecified atom stereocenters. The minimum absolute atomic E-state index is 0.235. The summed E-state index contributed by atoms with van der Waals surface area (Å²) >= 11 is 0. The third-order valence-electron chi connectivity index (χ3n) is 11.1. The van der Waals surface area contributed by atoms with Crippen LogP contribution in [0.25, 0.3) is 71.6 Å². The molecule has 0 spiro atoms. The molecule has 0 fully saturated rings. The first-order valence-corrected chi connectivity index (χ1v) is 19.5. The normalized spacial score (nSPS) is 11.2. The van der Waals surface area contributed by atoms with Crippen molar-refractivity contribution in [2.24, 2.45) is 0 Å². The van der Waals surface area contributed by atoms with Crippen LogP contribution in [0.1, 0.15) is 11.1 Å². The average molecular weight is 743 g/mol. The van der Waals surface area contributed by atoms with E-state index in [1.165, 1.54) is 21.8 Å². The Hall–Kier alpha value is -7.82. The summed E-state index contributed by atoms with van der Waals surface area (Å²) in [7, 11) is 0. The van der Waals surface area contributed by atoms with Gasteiger partial charge in [0, 0.05) is 33.3 Å². The van der Waals surface area contributed by atoms with Gasteiger partial charge in [0.1, 0.15) is 11.7 Å². The molecule has 2 N–H and O–H groups in total. The Labute approximate surface area is 337 Å². The monoisotopic (exact) mass is 742 g/mol. The molecule has 0 aliphatic carbocycles. The number of nitrogens with zero attached hydrogens (tertiary/aromatic N) is 2. The van der Waals surface area contributed by atoms with E-state index in [2.05, 4.69) is 150 Å². The van der Waals surface area contributed by atoms with Crippen molar-refractivity contribution in [2.75, 3.05) is 4.90 Å². The Morgan fingerprint density at radius 1 is 0.362 bits per heavy atom. The fraction of sp³-hybridized carbons (Fsp3) is 0. The van der Waals surface area contributed by atoms with Gasteiger partial charge in [0.25, 0.3) is 0 Å². The van der Waals surface area contributed by atoms with Crippen molar-refractivity contribution >= 4 is 49.9 Å². The number of hydrogen-bond acceptors (Lipinski definition) is 2. The highest BCUT2D eigenvalue weighted by Crippen LogP contribution is 2.41. The van der Waals surface area contributed by atoms with Crippen LogP contribution in [0.5, 0.6) is 0 Å². The fourth-order valence-corrected chi connectivity index (χ4v) is 8.28. The van der Waals surface area contributed by atoms with Crippen molar-refractivity contribution < 1.29 is 0 Å². The topological polar surface area (TPSA) is 55.9 Å². The van der Waals surface area contributed by atoms with Crippen molar-refractivity contribution in [1.82, 2.24) is 4.57 Å². The number of rotatable bonds is 7. The smallest absolute Gasteiger partial charge is 0.138 e. The maximum atomic E-state index is 9.48. The molecule has 1 aromatic heterocycles. The van der Waals surface area contributed by atoms with E-state index in [-0.39, 0.29) is 11.7 Å². The zero-order valence-corrected chi connectivity index (χ0v) is 31.7. The summed E-state index contributed by atoms with van der Waals surface area (Å²) in [4.78, 5) is 1.72. The van der Waals surface area contributed by atoms with Crippen LogP contribution in [0, 0.1) is 10.8 Å². The lowest BCUT2D eigenvalue weighted by molar-refractivity contribution is 1.18. The number of anilines is 1. The van der Waals surface area contributed by atoms with Gasteiger partial charge in [0.2, 0.25) is 0 Å². The molecule has 1 heterocycles. The second-order valence-corrected chi connectivity index (χ2v) is 14.5. The SMILES string of the molecule is N=C(c1ccc(-c2ccccc2-c2ccccc2-c2ccc3c(c2)c2ccccc2n3-c2ccccc2)cc1)N(C(=N)c1ccc2ccccc2c1)c1ccccc1. The third kappa shape index (κ3) is 6.14. The number of aromatic nitrogens is 1. The molecule has 0 saturated carbocycles. The third-order valence-corrected chi connectivity index (χ3v) is 11.1. The molecule has 4 nitrogen and oxygen atoms in total. The van der Waals surface area contributed by atoms with Crippen LogP contribution in [-0.2, 0) is 0 Å². The lowest BCUT2D eigenvalue weighted by Crippen LogP contribution is -2.37. The van der Waals surface area contributed by atoms with Gasteiger partial charge in [-0.15, -0.1) is 0 Å². The quantitative estimate of drug-likeness (QED) is 0.124. The number of fused-ring (bicyclic) bond motifs is 4. The standard InChI is InChI=1S/C54H38N4/c55-53(58(44-19-5-2-6-20-44)54(56)42-32-27-37-15-7-8-16-40(37)35-42)39-30-28-38(29-31-39)45-21-9-11-23-47(45)48-24-12-10-22-46(48)41-33-34-52-50(36-41)49-25-13-14-26-51(49)57(52)43-17-3-1-4-18-43/h1-36,55-56H. The lowest BCUT2D eigenvalue weighted by atomic mass is 9.89. The van der Waals surface area contributed by atoms with E-state index in [0.29, 0.717) is 0 Å². The molecule has 274 valence electrons. The number of para-hydroxylation sites is 3. The zero-order chi connectivity index (χ0) is 39.0. The van der Waals surface area contributed by atoms with Crippen LogP contribution in [0.4, 0.5) is 5.69 Å². The summed E-state index contributed by atoms with van der Waals surface area (Å²) in [5.74, 6) is 0.481. The second-order valence-electron chi connectivity index (χ2n) is 14.5. The van der Waals surface area contributed by atoms with Gasteiger partial charge in [-0.05, 0) is 92.7 Å². The molecule has 0 bridgehead atoms. The van der Waals surface area contributed by atoms with E-state index in [1.54, 1.807) is 4.90 Å². The molecule has 0 radical (unpaired) electrons. The summed E-state index contributed by atoms with van der Waals surface area (Å²) in [5.41, 5.74) is 12.5. The van der Waals surface area contributed by atoms with Crippen molar-refractivity contribution in [1.29, 1.82) is 10.8 Å². The Balaban J connectivity index is 1.01. The van der Waals surface area contributed by atoms with Crippen LogP contribution in [-0.4, -0.2) is 16.2 Å². The number of benzene rings is 9. The number of hydrogen-bond donors (Lipinski definition) is 2. The minimum atomic E-state index is 0.235.